The largest absolute Gasteiger partial charge is 0.454 e. The topological polar surface area (TPSA) is 48.4 Å². The molecule has 28 heavy (non-hydrogen) atoms. The molecule has 144 valence electrons. The van der Waals surface area contributed by atoms with Gasteiger partial charge in [0.15, 0.2) is 17.3 Å². The minimum Gasteiger partial charge on any atom is -0.454 e. The highest BCUT2D eigenvalue weighted by Crippen LogP contribution is 2.42. The van der Waals surface area contributed by atoms with Crippen molar-refractivity contribution >= 4 is 40.0 Å². The van der Waals surface area contributed by atoms with Crippen LogP contribution in [0.2, 0.25) is 5.02 Å². The van der Waals surface area contributed by atoms with Gasteiger partial charge in [-0.2, -0.15) is 13.2 Å². The monoisotopic (exact) mass is 425 g/mol. The van der Waals surface area contributed by atoms with E-state index >= 15 is 0 Å². The van der Waals surface area contributed by atoms with E-state index in [2.05, 4.69) is 4.98 Å². The van der Waals surface area contributed by atoms with Crippen LogP contribution >= 0.6 is 23.4 Å². The number of aromatic nitrogens is 1. The smallest absolute Gasteiger partial charge is 0.417 e. The van der Waals surface area contributed by atoms with Gasteiger partial charge < -0.3 is 9.47 Å². The second kappa shape index (κ2) is 7.18. The van der Waals surface area contributed by atoms with Crippen LogP contribution in [0.5, 0.6) is 11.5 Å². The van der Waals surface area contributed by atoms with Gasteiger partial charge in [-0.1, -0.05) is 23.4 Å². The number of carbonyl (C=O) groups excluding carboxylic acids is 1. The molecule has 0 amide bonds. The number of alkyl halides is 3. The van der Waals surface area contributed by atoms with E-state index in [1.54, 1.807) is 24.3 Å². The Kier molecular flexibility index (Phi) is 4.84. The lowest BCUT2D eigenvalue weighted by atomic mass is 10.1. The molecule has 0 N–H and O–H groups in total. The second-order valence-electron chi connectivity index (χ2n) is 5.95. The zero-order valence-electron chi connectivity index (χ0n) is 14.0. The highest BCUT2D eigenvalue weighted by Gasteiger charge is 2.34. The lowest BCUT2D eigenvalue weighted by Gasteiger charge is -2.13. The summed E-state index contributed by atoms with van der Waals surface area (Å²) in [4.78, 5) is 16.5. The van der Waals surface area contributed by atoms with E-state index in [0.717, 1.165) is 17.8 Å². The van der Waals surface area contributed by atoms with E-state index in [9.17, 15) is 18.0 Å². The molecule has 1 aromatic heterocycles. The molecule has 0 unspecified atom stereocenters. The second-order valence-corrected chi connectivity index (χ2v) is 7.38. The van der Waals surface area contributed by atoms with Gasteiger partial charge in [0.25, 0.3) is 0 Å². The summed E-state index contributed by atoms with van der Waals surface area (Å²) in [5.41, 5.74) is -0.283. The number of benzene rings is 2. The molecule has 2 heterocycles. The maximum absolute atomic E-state index is 13.6. The van der Waals surface area contributed by atoms with Crippen LogP contribution in [0.25, 0.3) is 10.9 Å². The summed E-state index contributed by atoms with van der Waals surface area (Å²) < 4.78 is 51.1. The number of Topliss-reactive ketones (excluding diaryl/α,β-unsaturated/α-hetero) is 1. The van der Waals surface area contributed by atoms with Crippen molar-refractivity contribution in [1.29, 1.82) is 0 Å². The Bertz CT molecular complexity index is 1070. The number of hydrogen-bond donors (Lipinski definition) is 0. The Morgan fingerprint density at radius 1 is 1.11 bits per heavy atom. The van der Waals surface area contributed by atoms with Gasteiger partial charge in [0, 0.05) is 22.0 Å². The number of rotatable bonds is 4. The first-order valence-electron chi connectivity index (χ1n) is 8.04. The number of ketones is 1. The van der Waals surface area contributed by atoms with Crippen LogP contribution in [0.3, 0.4) is 0 Å². The Morgan fingerprint density at radius 3 is 2.46 bits per heavy atom. The molecule has 0 saturated carbocycles. The van der Waals surface area contributed by atoms with Crippen LogP contribution < -0.4 is 9.47 Å². The van der Waals surface area contributed by atoms with E-state index in [-0.39, 0.29) is 40.0 Å². The Balaban J connectivity index is 1.66. The lowest BCUT2D eigenvalue weighted by Crippen LogP contribution is -2.08. The van der Waals surface area contributed by atoms with Gasteiger partial charge in [-0.05, 0) is 36.4 Å². The minimum absolute atomic E-state index is 0.0514. The molecule has 0 radical (unpaired) electrons. The van der Waals surface area contributed by atoms with Crippen LogP contribution in [0.1, 0.15) is 15.9 Å². The van der Waals surface area contributed by atoms with Gasteiger partial charge in [-0.3, -0.25) is 4.79 Å². The SMILES string of the molecule is O=C(CSc1cc(C(F)(F)F)c2cc3c(cc2n1)OCO3)c1ccc(Cl)cc1. The molecular formula is C19H11ClF3NO3S. The molecule has 3 aromatic rings. The van der Waals surface area contributed by atoms with Crippen molar-refractivity contribution in [1.82, 2.24) is 4.98 Å². The molecule has 0 spiro atoms. The van der Waals surface area contributed by atoms with Crippen molar-refractivity contribution in [2.75, 3.05) is 12.5 Å². The normalized spacial score (nSPS) is 13.1. The molecule has 0 fully saturated rings. The summed E-state index contributed by atoms with van der Waals surface area (Å²) in [7, 11) is 0. The first kappa shape index (κ1) is 18.9. The fourth-order valence-corrected chi connectivity index (χ4v) is 3.69. The average Bonchev–Trinajstić information content (AvgIpc) is 3.10. The van der Waals surface area contributed by atoms with Crippen molar-refractivity contribution < 1.29 is 27.4 Å². The van der Waals surface area contributed by atoms with Gasteiger partial charge in [0.2, 0.25) is 6.79 Å². The highest BCUT2D eigenvalue weighted by molar-refractivity contribution is 7.99. The van der Waals surface area contributed by atoms with E-state index in [1.807, 2.05) is 0 Å². The maximum atomic E-state index is 13.6. The van der Waals surface area contributed by atoms with Crippen molar-refractivity contribution in [2.45, 2.75) is 11.2 Å². The molecule has 1 aliphatic heterocycles. The van der Waals surface area contributed by atoms with Gasteiger partial charge in [-0.15, -0.1) is 0 Å². The number of thioether (sulfide) groups is 1. The van der Waals surface area contributed by atoms with E-state index < -0.39 is 11.7 Å². The third kappa shape index (κ3) is 3.74. The number of carbonyl (C=O) groups is 1. The average molecular weight is 426 g/mol. The van der Waals surface area contributed by atoms with Gasteiger partial charge >= 0.3 is 6.18 Å². The fraction of sp³-hybridized carbons (Fsp3) is 0.158. The van der Waals surface area contributed by atoms with E-state index in [4.69, 9.17) is 21.1 Å². The maximum Gasteiger partial charge on any atom is 0.417 e. The van der Waals surface area contributed by atoms with Crippen molar-refractivity contribution in [3.63, 3.8) is 0 Å². The Hall–Kier alpha value is -2.45. The first-order valence-corrected chi connectivity index (χ1v) is 9.41. The summed E-state index contributed by atoms with van der Waals surface area (Å²) in [6, 6.07) is 9.95. The fourth-order valence-electron chi connectivity index (χ4n) is 2.76. The van der Waals surface area contributed by atoms with Crippen molar-refractivity contribution in [2.24, 2.45) is 0 Å². The molecular weight excluding hydrogens is 415 g/mol. The highest BCUT2D eigenvalue weighted by atomic mass is 35.5. The molecule has 4 nitrogen and oxygen atoms in total. The predicted molar refractivity (Wildman–Crippen MR) is 99.4 cm³/mol. The molecule has 0 atom stereocenters. The molecule has 4 rings (SSSR count). The van der Waals surface area contributed by atoms with E-state index in [1.165, 1.54) is 12.1 Å². The van der Waals surface area contributed by atoms with Crippen LogP contribution in [0.15, 0.2) is 47.5 Å². The molecule has 2 aromatic carbocycles. The molecule has 0 aliphatic carbocycles. The van der Waals surface area contributed by atoms with Crippen molar-refractivity contribution in [3.05, 3.63) is 58.6 Å². The number of ether oxygens (including phenoxy) is 2. The number of nitrogens with zero attached hydrogens (tertiary/aromatic N) is 1. The van der Waals surface area contributed by atoms with Gasteiger partial charge in [0.05, 0.1) is 21.9 Å². The Morgan fingerprint density at radius 2 is 1.79 bits per heavy atom. The molecule has 9 heteroatoms. The van der Waals surface area contributed by atoms with Crippen LogP contribution in [0.4, 0.5) is 13.2 Å². The third-order valence-electron chi connectivity index (χ3n) is 4.10. The molecule has 0 saturated heterocycles. The first-order chi connectivity index (χ1) is 13.3. The van der Waals surface area contributed by atoms with Crippen LogP contribution in [0, 0.1) is 0 Å². The lowest BCUT2D eigenvalue weighted by molar-refractivity contribution is -0.136. The zero-order chi connectivity index (χ0) is 19.9. The van der Waals surface area contributed by atoms with Gasteiger partial charge in [0.1, 0.15) is 0 Å². The summed E-state index contributed by atoms with van der Waals surface area (Å²) in [6.45, 7) is -0.0514. The quantitative estimate of drug-likeness (QED) is 0.401. The number of halogens is 4. The zero-order valence-corrected chi connectivity index (χ0v) is 15.6. The predicted octanol–water partition coefficient (Wildman–Crippen LogP) is 5.61. The standard InChI is InChI=1S/C19H11ClF3NO3S/c20-11-3-1-10(2-4-11)15(25)8-28-18-6-13(19(21,22)23)12-5-16-17(27-9-26-16)7-14(12)24-18/h1-7H,8-9H2. The Labute approximate surface area is 166 Å². The number of pyridine rings is 1. The van der Waals surface area contributed by atoms with Gasteiger partial charge in [-0.25, -0.2) is 4.98 Å². The van der Waals surface area contributed by atoms with Crippen molar-refractivity contribution in [3.8, 4) is 11.5 Å². The molecule has 1 aliphatic rings. The number of fused-ring (bicyclic) bond motifs is 2. The molecule has 0 bridgehead atoms. The third-order valence-corrected chi connectivity index (χ3v) is 5.27. The summed E-state index contributed by atoms with van der Waals surface area (Å²) >= 11 is 6.73. The van der Waals surface area contributed by atoms with Crippen LogP contribution in [-0.4, -0.2) is 23.3 Å². The summed E-state index contributed by atoms with van der Waals surface area (Å²) in [5, 5.41) is 0.514. The summed E-state index contributed by atoms with van der Waals surface area (Å²) in [5.74, 6) is 0.301. The van der Waals surface area contributed by atoms with E-state index in [0.29, 0.717) is 16.3 Å². The number of hydrogen-bond acceptors (Lipinski definition) is 5. The minimum atomic E-state index is -4.58. The van der Waals surface area contributed by atoms with Crippen LogP contribution in [-0.2, 0) is 6.18 Å². The summed E-state index contributed by atoms with van der Waals surface area (Å²) in [6.07, 6.45) is -4.58.